The van der Waals surface area contributed by atoms with E-state index in [4.69, 9.17) is 4.42 Å². The number of rotatable bonds is 4. The average molecular weight is 309 g/mol. The first kappa shape index (κ1) is 14.8. The van der Waals surface area contributed by atoms with Gasteiger partial charge in [-0.15, -0.1) is 0 Å². The Hall–Kier alpha value is -3.15. The van der Waals surface area contributed by atoms with Gasteiger partial charge < -0.3 is 14.3 Å². The maximum Gasteiger partial charge on any atom is 0.258 e. The van der Waals surface area contributed by atoms with Crippen molar-refractivity contribution in [1.82, 2.24) is 14.9 Å². The minimum Gasteiger partial charge on any atom is -0.465 e. The molecule has 0 atom stereocenters. The Labute approximate surface area is 132 Å². The van der Waals surface area contributed by atoms with Gasteiger partial charge in [-0.05, 0) is 30.3 Å². The fourth-order valence-electron chi connectivity index (χ4n) is 2.18. The standard InChI is InChI=1S/C17H15N3O3/c1-20(16(21)9-8-12-5-4-10-23-12)11-15-18-14-7-3-2-6-13(14)17(22)19-15/h2-10H,11H2,1H3,(H,18,19,22)/b9-8+. The molecule has 0 spiro atoms. The van der Waals surface area contributed by atoms with E-state index in [1.54, 1.807) is 43.5 Å². The second kappa shape index (κ2) is 6.31. The van der Waals surface area contributed by atoms with Crippen LogP contribution in [0.4, 0.5) is 0 Å². The van der Waals surface area contributed by atoms with Gasteiger partial charge in [0.25, 0.3) is 5.56 Å². The third kappa shape index (κ3) is 3.37. The molecule has 1 aromatic carbocycles. The number of amides is 1. The van der Waals surface area contributed by atoms with Crippen LogP contribution in [0, 0.1) is 0 Å². The number of likely N-dealkylation sites (N-methyl/N-ethyl adjacent to an activating group) is 1. The van der Waals surface area contributed by atoms with E-state index in [0.717, 1.165) is 0 Å². The van der Waals surface area contributed by atoms with Crippen LogP contribution >= 0.6 is 0 Å². The summed E-state index contributed by atoms with van der Waals surface area (Å²) in [5.74, 6) is 0.831. The summed E-state index contributed by atoms with van der Waals surface area (Å²) in [5.41, 5.74) is 0.399. The summed E-state index contributed by atoms with van der Waals surface area (Å²) in [5, 5.41) is 0.531. The van der Waals surface area contributed by atoms with Crippen LogP contribution in [0.3, 0.4) is 0 Å². The van der Waals surface area contributed by atoms with Crippen molar-refractivity contribution in [2.45, 2.75) is 6.54 Å². The summed E-state index contributed by atoms with van der Waals surface area (Å²) >= 11 is 0. The lowest BCUT2D eigenvalue weighted by atomic mass is 10.2. The van der Waals surface area contributed by atoms with Gasteiger partial charge in [0, 0.05) is 13.1 Å². The summed E-state index contributed by atoms with van der Waals surface area (Å²) < 4.78 is 5.13. The number of hydrogen-bond acceptors (Lipinski definition) is 4. The van der Waals surface area contributed by atoms with E-state index in [0.29, 0.717) is 22.5 Å². The van der Waals surface area contributed by atoms with Crippen molar-refractivity contribution in [1.29, 1.82) is 0 Å². The molecule has 6 heteroatoms. The van der Waals surface area contributed by atoms with Gasteiger partial charge in [0.2, 0.25) is 5.91 Å². The van der Waals surface area contributed by atoms with Crippen LogP contribution in [0.2, 0.25) is 0 Å². The number of hydrogen-bond donors (Lipinski definition) is 1. The van der Waals surface area contributed by atoms with Crippen molar-refractivity contribution >= 4 is 22.9 Å². The van der Waals surface area contributed by atoms with Crippen molar-refractivity contribution in [3.8, 4) is 0 Å². The van der Waals surface area contributed by atoms with Gasteiger partial charge in [-0.25, -0.2) is 4.98 Å². The highest BCUT2D eigenvalue weighted by Crippen LogP contribution is 2.07. The quantitative estimate of drug-likeness (QED) is 0.749. The molecule has 23 heavy (non-hydrogen) atoms. The lowest BCUT2D eigenvalue weighted by molar-refractivity contribution is -0.125. The molecule has 0 aliphatic heterocycles. The molecule has 116 valence electrons. The molecule has 0 unspecified atom stereocenters. The summed E-state index contributed by atoms with van der Waals surface area (Å²) in [6, 6.07) is 10.6. The van der Waals surface area contributed by atoms with E-state index in [2.05, 4.69) is 9.97 Å². The number of fused-ring (bicyclic) bond motifs is 1. The Kier molecular flexibility index (Phi) is 4.05. The zero-order valence-electron chi connectivity index (χ0n) is 12.5. The van der Waals surface area contributed by atoms with E-state index in [1.165, 1.54) is 17.2 Å². The number of aromatic nitrogens is 2. The molecule has 1 amide bonds. The SMILES string of the molecule is CN(Cc1nc2ccccc2c(=O)[nH]1)C(=O)/C=C/c1ccco1. The molecule has 0 aliphatic carbocycles. The molecular formula is C17H15N3O3. The summed E-state index contributed by atoms with van der Waals surface area (Å²) in [6.07, 6.45) is 4.55. The van der Waals surface area contributed by atoms with Gasteiger partial charge in [0.1, 0.15) is 11.6 Å². The summed E-state index contributed by atoms with van der Waals surface area (Å²) in [4.78, 5) is 32.6. The van der Waals surface area contributed by atoms with Gasteiger partial charge >= 0.3 is 0 Å². The van der Waals surface area contributed by atoms with Crippen LogP contribution in [0.5, 0.6) is 0 Å². The number of H-pyrrole nitrogens is 1. The Morgan fingerprint density at radius 3 is 2.91 bits per heavy atom. The van der Waals surface area contributed by atoms with Gasteiger partial charge in [-0.2, -0.15) is 0 Å². The highest BCUT2D eigenvalue weighted by Gasteiger charge is 2.09. The third-order valence-corrected chi connectivity index (χ3v) is 3.36. The number of para-hydroxylation sites is 1. The lowest BCUT2D eigenvalue weighted by Crippen LogP contribution is -2.26. The lowest BCUT2D eigenvalue weighted by Gasteiger charge is -2.14. The summed E-state index contributed by atoms with van der Waals surface area (Å²) in [7, 11) is 1.64. The molecule has 0 aliphatic rings. The van der Waals surface area contributed by atoms with Crippen molar-refractivity contribution in [3.63, 3.8) is 0 Å². The number of nitrogens with one attached hydrogen (secondary N) is 1. The molecule has 3 aromatic rings. The number of carbonyl (C=O) groups excluding carboxylic acids is 1. The van der Waals surface area contributed by atoms with Gasteiger partial charge in [-0.1, -0.05) is 12.1 Å². The fourth-order valence-corrected chi connectivity index (χ4v) is 2.18. The number of nitrogens with zero attached hydrogens (tertiary/aromatic N) is 2. The fraction of sp³-hybridized carbons (Fsp3) is 0.118. The predicted molar refractivity (Wildman–Crippen MR) is 86.6 cm³/mol. The van der Waals surface area contributed by atoms with Crippen LogP contribution in [-0.2, 0) is 11.3 Å². The molecule has 0 saturated carbocycles. The Bertz CT molecular complexity index is 910. The number of benzene rings is 1. The average Bonchev–Trinajstić information content (AvgIpc) is 3.06. The van der Waals surface area contributed by atoms with Crippen molar-refractivity contribution in [3.05, 3.63) is 70.7 Å². The Morgan fingerprint density at radius 1 is 1.30 bits per heavy atom. The second-order valence-electron chi connectivity index (χ2n) is 5.07. The highest BCUT2D eigenvalue weighted by atomic mass is 16.3. The molecular weight excluding hydrogens is 294 g/mol. The molecule has 2 aromatic heterocycles. The normalized spacial score (nSPS) is 11.2. The highest BCUT2D eigenvalue weighted by molar-refractivity contribution is 5.91. The molecule has 0 bridgehead atoms. The molecule has 2 heterocycles. The Balaban J connectivity index is 1.76. The molecule has 1 N–H and O–H groups in total. The van der Waals surface area contributed by atoms with Crippen LogP contribution in [0.25, 0.3) is 17.0 Å². The zero-order chi connectivity index (χ0) is 16.2. The van der Waals surface area contributed by atoms with E-state index < -0.39 is 0 Å². The molecule has 0 radical (unpaired) electrons. The minimum absolute atomic E-state index is 0.210. The van der Waals surface area contributed by atoms with Crippen molar-refractivity contribution in [2.24, 2.45) is 0 Å². The van der Waals surface area contributed by atoms with Crippen LogP contribution in [0.1, 0.15) is 11.6 Å². The molecule has 0 saturated heterocycles. The van der Waals surface area contributed by atoms with E-state index in [-0.39, 0.29) is 18.0 Å². The van der Waals surface area contributed by atoms with Crippen molar-refractivity contribution < 1.29 is 9.21 Å². The van der Waals surface area contributed by atoms with Gasteiger partial charge in [-0.3, -0.25) is 9.59 Å². The zero-order valence-corrected chi connectivity index (χ0v) is 12.5. The second-order valence-corrected chi connectivity index (χ2v) is 5.07. The molecule has 3 rings (SSSR count). The van der Waals surface area contributed by atoms with E-state index >= 15 is 0 Å². The monoisotopic (exact) mass is 309 g/mol. The first-order valence-corrected chi connectivity index (χ1v) is 7.08. The van der Waals surface area contributed by atoms with Gasteiger partial charge in [0.05, 0.1) is 23.7 Å². The smallest absolute Gasteiger partial charge is 0.258 e. The maximum absolute atomic E-state index is 12.1. The molecule has 6 nitrogen and oxygen atoms in total. The van der Waals surface area contributed by atoms with Crippen LogP contribution in [-0.4, -0.2) is 27.8 Å². The largest absolute Gasteiger partial charge is 0.465 e. The van der Waals surface area contributed by atoms with E-state index in [1.807, 2.05) is 6.07 Å². The van der Waals surface area contributed by atoms with E-state index in [9.17, 15) is 9.59 Å². The maximum atomic E-state index is 12.1. The Morgan fingerprint density at radius 2 is 2.13 bits per heavy atom. The third-order valence-electron chi connectivity index (χ3n) is 3.36. The number of carbonyl (C=O) groups is 1. The molecule has 0 fully saturated rings. The van der Waals surface area contributed by atoms with Crippen LogP contribution < -0.4 is 5.56 Å². The topological polar surface area (TPSA) is 79.2 Å². The first-order chi connectivity index (χ1) is 11.1. The van der Waals surface area contributed by atoms with Crippen molar-refractivity contribution in [2.75, 3.05) is 7.05 Å². The minimum atomic E-state index is -0.211. The summed E-state index contributed by atoms with van der Waals surface area (Å²) in [6.45, 7) is 0.210. The number of furan rings is 1. The number of aromatic amines is 1. The van der Waals surface area contributed by atoms with Gasteiger partial charge in [0.15, 0.2) is 0 Å². The predicted octanol–water partition coefficient (Wildman–Crippen LogP) is 2.19. The first-order valence-electron chi connectivity index (χ1n) is 7.08. The van der Waals surface area contributed by atoms with Crippen LogP contribution in [0.15, 0.2) is 57.9 Å².